The van der Waals surface area contributed by atoms with Gasteiger partial charge in [-0.05, 0) is 30.7 Å². The van der Waals surface area contributed by atoms with E-state index in [1.807, 2.05) is 0 Å². The van der Waals surface area contributed by atoms with Crippen LogP contribution in [0.15, 0.2) is 36.5 Å². The van der Waals surface area contributed by atoms with E-state index in [1.165, 1.54) is 24.4 Å². The molecule has 0 fully saturated rings. The number of aromatic nitrogens is 1. The van der Waals surface area contributed by atoms with Crippen LogP contribution in [0.2, 0.25) is 0 Å². The van der Waals surface area contributed by atoms with Crippen LogP contribution in [-0.2, 0) is 0 Å². The Labute approximate surface area is 108 Å². The fourth-order valence-corrected chi connectivity index (χ4v) is 1.54. The van der Waals surface area contributed by atoms with Gasteiger partial charge in [0.05, 0.1) is 10.5 Å². The van der Waals surface area contributed by atoms with Crippen LogP contribution in [0.4, 0.5) is 5.69 Å². The predicted octanol–water partition coefficient (Wildman–Crippen LogP) is 2.90. The van der Waals surface area contributed by atoms with E-state index in [1.54, 1.807) is 19.1 Å². The van der Waals surface area contributed by atoms with E-state index in [4.69, 9.17) is 4.74 Å². The molecule has 0 amide bonds. The molecule has 1 aromatic carbocycles. The number of nitro benzene ring substituents is 1. The second-order valence-electron chi connectivity index (χ2n) is 3.85. The highest BCUT2D eigenvalue weighted by atomic mass is 16.6. The minimum absolute atomic E-state index is 0.0474. The lowest BCUT2D eigenvalue weighted by Crippen LogP contribution is -1.97. The average molecular weight is 258 g/mol. The predicted molar refractivity (Wildman–Crippen MR) is 67.5 cm³/mol. The number of carbonyl (C=O) groups excluding carboxylic acids is 1. The molecule has 6 nitrogen and oxygen atoms in total. The van der Waals surface area contributed by atoms with Crippen LogP contribution in [-0.4, -0.2) is 16.2 Å². The maximum atomic E-state index is 10.9. The van der Waals surface area contributed by atoms with E-state index in [-0.39, 0.29) is 22.9 Å². The SMILES string of the molecule is Cc1ccc([N+](=O)[O-])c(Oc2ncccc2C=O)c1. The van der Waals surface area contributed by atoms with E-state index in [0.717, 1.165) is 5.56 Å². The lowest BCUT2D eigenvalue weighted by Gasteiger charge is -2.07. The van der Waals surface area contributed by atoms with E-state index in [2.05, 4.69) is 4.98 Å². The molecule has 0 radical (unpaired) electrons. The Hall–Kier alpha value is -2.76. The molecule has 2 rings (SSSR count). The highest BCUT2D eigenvalue weighted by Crippen LogP contribution is 2.32. The van der Waals surface area contributed by atoms with Gasteiger partial charge in [0.2, 0.25) is 11.6 Å². The normalized spacial score (nSPS) is 9.95. The van der Waals surface area contributed by atoms with Crippen molar-refractivity contribution in [2.75, 3.05) is 0 Å². The van der Waals surface area contributed by atoms with Gasteiger partial charge in [0.25, 0.3) is 0 Å². The number of nitrogens with zero attached hydrogens (tertiary/aromatic N) is 2. The van der Waals surface area contributed by atoms with Crippen molar-refractivity contribution in [1.29, 1.82) is 0 Å². The topological polar surface area (TPSA) is 82.3 Å². The van der Waals surface area contributed by atoms with Crippen molar-refractivity contribution in [1.82, 2.24) is 4.98 Å². The lowest BCUT2D eigenvalue weighted by atomic mass is 10.2. The van der Waals surface area contributed by atoms with Crippen molar-refractivity contribution in [3.05, 3.63) is 57.8 Å². The van der Waals surface area contributed by atoms with Crippen molar-refractivity contribution in [2.45, 2.75) is 6.92 Å². The van der Waals surface area contributed by atoms with Crippen LogP contribution in [0.3, 0.4) is 0 Å². The van der Waals surface area contributed by atoms with Crippen LogP contribution in [0.5, 0.6) is 11.6 Å². The molecule has 1 aromatic heterocycles. The second-order valence-corrected chi connectivity index (χ2v) is 3.85. The molecular weight excluding hydrogens is 248 g/mol. The monoisotopic (exact) mass is 258 g/mol. The zero-order chi connectivity index (χ0) is 13.8. The number of hydrogen-bond donors (Lipinski definition) is 0. The summed E-state index contributed by atoms with van der Waals surface area (Å²) < 4.78 is 5.39. The second kappa shape index (κ2) is 5.26. The molecule has 0 spiro atoms. The molecular formula is C13H10N2O4. The summed E-state index contributed by atoms with van der Waals surface area (Å²) in [6.07, 6.45) is 2.04. The maximum Gasteiger partial charge on any atom is 0.311 e. The van der Waals surface area contributed by atoms with Crippen molar-refractivity contribution in [2.24, 2.45) is 0 Å². The van der Waals surface area contributed by atoms with Gasteiger partial charge in [0.15, 0.2) is 6.29 Å². The van der Waals surface area contributed by atoms with Gasteiger partial charge in [0.1, 0.15) is 0 Å². The minimum Gasteiger partial charge on any atom is -0.431 e. The number of aryl methyl sites for hydroxylation is 1. The molecule has 0 bridgehead atoms. The van der Waals surface area contributed by atoms with Crippen LogP contribution in [0.25, 0.3) is 0 Å². The van der Waals surface area contributed by atoms with E-state index in [9.17, 15) is 14.9 Å². The first kappa shape index (κ1) is 12.7. The summed E-state index contributed by atoms with van der Waals surface area (Å²) in [5, 5.41) is 10.9. The summed E-state index contributed by atoms with van der Waals surface area (Å²) in [7, 11) is 0. The number of carbonyl (C=O) groups is 1. The third kappa shape index (κ3) is 2.74. The Bertz CT molecular complexity index is 640. The lowest BCUT2D eigenvalue weighted by molar-refractivity contribution is -0.385. The van der Waals surface area contributed by atoms with Gasteiger partial charge < -0.3 is 4.74 Å². The first-order valence-corrected chi connectivity index (χ1v) is 5.45. The molecule has 0 saturated carbocycles. The van der Waals surface area contributed by atoms with Crippen LogP contribution < -0.4 is 4.74 Å². The Morgan fingerprint density at radius 1 is 1.37 bits per heavy atom. The Morgan fingerprint density at radius 2 is 2.16 bits per heavy atom. The maximum absolute atomic E-state index is 10.9. The highest BCUT2D eigenvalue weighted by molar-refractivity contribution is 5.78. The molecule has 0 aliphatic heterocycles. The summed E-state index contributed by atoms with van der Waals surface area (Å²) in [4.78, 5) is 25.1. The molecule has 6 heteroatoms. The molecule has 96 valence electrons. The molecule has 19 heavy (non-hydrogen) atoms. The number of pyridine rings is 1. The van der Waals surface area contributed by atoms with Gasteiger partial charge in [-0.2, -0.15) is 0 Å². The summed E-state index contributed by atoms with van der Waals surface area (Å²) >= 11 is 0. The van der Waals surface area contributed by atoms with E-state index < -0.39 is 4.92 Å². The zero-order valence-corrected chi connectivity index (χ0v) is 10.1. The quantitative estimate of drug-likeness (QED) is 0.478. The number of rotatable bonds is 4. The van der Waals surface area contributed by atoms with Gasteiger partial charge in [-0.15, -0.1) is 0 Å². The molecule has 0 aliphatic carbocycles. The summed E-state index contributed by atoms with van der Waals surface area (Å²) in [6.45, 7) is 1.79. The van der Waals surface area contributed by atoms with Crippen molar-refractivity contribution in [3.8, 4) is 11.6 Å². The first-order chi connectivity index (χ1) is 9.11. The van der Waals surface area contributed by atoms with Crippen LogP contribution in [0, 0.1) is 17.0 Å². The van der Waals surface area contributed by atoms with Crippen LogP contribution in [0.1, 0.15) is 15.9 Å². The molecule has 1 heterocycles. The molecule has 2 aromatic rings. The summed E-state index contributed by atoms with van der Waals surface area (Å²) in [6, 6.07) is 7.61. The van der Waals surface area contributed by atoms with Crippen LogP contribution >= 0.6 is 0 Å². The highest BCUT2D eigenvalue weighted by Gasteiger charge is 2.17. The fraction of sp³-hybridized carbons (Fsp3) is 0.0769. The summed E-state index contributed by atoms with van der Waals surface area (Å²) in [5.41, 5.74) is 0.871. The largest absolute Gasteiger partial charge is 0.431 e. The fourth-order valence-electron chi connectivity index (χ4n) is 1.54. The number of aldehydes is 1. The smallest absolute Gasteiger partial charge is 0.311 e. The summed E-state index contributed by atoms with van der Waals surface area (Å²) in [5.74, 6) is 0.109. The minimum atomic E-state index is -0.543. The standard InChI is InChI=1S/C13H10N2O4/c1-9-4-5-11(15(17)18)12(7-9)19-13-10(8-16)3-2-6-14-13/h2-8H,1H3. The molecule has 0 aliphatic rings. The zero-order valence-electron chi connectivity index (χ0n) is 10.1. The van der Waals surface area contributed by atoms with E-state index >= 15 is 0 Å². The number of benzene rings is 1. The molecule has 0 unspecified atom stereocenters. The van der Waals surface area contributed by atoms with Gasteiger partial charge in [-0.25, -0.2) is 4.98 Å². The van der Waals surface area contributed by atoms with Crippen molar-refractivity contribution in [3.63, 3.8) is 0 Å². The van der Waals surface area contributed by atoms with Crippen molar-refractivity contribution < 1.29 is 14.5 Å². The number of nitro groups is 1. The Balaban J connectivity index is 2.45. The number of ether oxygens (including phenoxy) is 1. The molecule has 0 atom stereocenters. The van der Waals surface area contributed by atoms with Gasteiger partial charge in [0, 0.05) is 12.3 Å². The average Bonchev–Trinajstić information content (AvgIpc) is 2.39. The number of hydrogen-bond acceptors (Lipinski definition) is 5. The van der Waals surface area contributed by atoms with E-state index in [0.29, 0.717) is 6.29 Å². The Morgan fingerprint density at radius 3 is 2.84 bits per heavy atom. The van der Waals surface area contributed by atoms with Gasteiger partial charge in [-0.1, -0.05) is 6.07 Å². The molecule has 0 saturated heterocycles. The third-order valence-electron chi connectivity index (χ3n) is 2.45. The Kier molecular flexibility index (Phi) is 3.51. The first-order valence-electron chi connectivity index (χ1n) is 5.45. The van der Waals surface area contributed by atoms with Crippen molar-refractivity contribution >= 4 is 12.0 Å². The third-order valence-corrected chi connectivity index (χ3v) is 2.45. The molecule has 0 N–H and O–H groups in total. The van der Waals surface area contributed by atoms with Gasteiger partial charge in [-0.3, -0.25) is 14.9 Å². The van der Waals surface area contributed by atoms with Gasteiger partial charge >= 0.3 is 5.69 Å².